The normalized spacial score (nSPS) is 14.4. The topological polar surface area (TPSA) is 54.5 Å². The molecule has 0 saturated carbocycles. The number of rotatable bonds is 4. The van der Waals surface area contributed by atoms with E-state index in [0.717, 1.165) is 25.1 Å². The Balaban J connectivity index is 1.74. The smallest absolute Gasteiger partial charge is 0.253 e. The van der Waals surface area contributed by atoms with Gasteiger partial charge in [0.1, 0.15) is 0 Å². The van der Waals surface area contributed by atoms with Gasteiger partial charge in [-0.1, -0.05) is 29.8 Å². The highest BCUT2D eigenvalue weighted by molar-refractivity contribution is 7.90. The van der Waals surface area contributed by atoms with Crippen molar-refractivity contribution in [3.05, 3.63) is 65.2 Å². The van der Waals surface area contributed by atoms with Crippen molar-refractivity contribution in [2.75, 3.05) is 13.1 Å². The minimum atomic E-state index is -3.37. The summed E-state index contributed by atoms with van der Waals surface area (Å²) in [4.78, 5) is 14.2. The van der Waals surface area contributed by atoms with E-state index in [0.29, 0.717) is 16.0 Å². The van der Waals surface area contributed by atoms with Crippen LogP contribution in [0.15, 0.2) is 53.4 Å². The lowest BCUT2D eigenvalue weighted by Crippen LogP contribution is -2.41. The first-order valence-corrected chi connectivity index (χ1v) is 9.28. The Hall–Kier alpha value is -2.14. The first-order valence-electron chi connectivity index (χ1n) is 7.63. The maximum absolute atomic E-state index is 12.4. The average molecular weight is 329 g/mol. The molecule has 120 valence electrons. The molecule has 0 aromatic heterocycles. The minimum absolute atomic E-state index is 0.0178. The van der Waals surface area contributed by atoms with Gasteiger partial charge in [-0.2, -0.15) is 0 Å². The highest BCUT2D eigenvalue weighted by atomic mass is 32.2. The first-order chi connectivity index (χ1) is 11.0. The zero-order valence-corrected chi connectivity index (χ0v) is 13.8. The molecule has 0 atom stereocenters. The predicted octanol–water partition coefficient (Wildman–Crippen LogP) is 2.81. The molecular weight excluding hydrogens is 310 g/mol. The third-order valence-electron chi connectivity index (χ3n) is 4.08. The lowest BCUT2D eigenvalue weighted by atomic mass is 10.1. The SMILES string of the molecule is Cc1ccc(S(=O)(=O)Cc2ccc(C(=O)N3CCC3)cc2)cc1. The number of hydrogen-bond acceptors (Lipinski definition) is 3. The van der Waals surface area contributed by atoms with Crippen LogP contribution in [0, 0.1) is 6.92 Å². The number of likely N-dealkylation sites (tertiary alicyclic amines) is 1. The fourth-order valence-electron chi connectivity index (χ4n) is 2.49. The third kappa shape index (κ3) is 3.45. The number of benzene rings is 2. The fourth-order valence-corrected chi connectivity index (χ4v) is 3.84. The third-order valence-corrected chi connectivity index (χ3v) is 5.78. The standard InChI is InChI=1S/C18H19NO3S/c1-14-3-9-17(10-4-14)23(21,22)13-15-5-7-16(8-6-15)18(20)19-11-2-12-19/h3-10H,2,11-13H2,1H3. The van der Waals surface area contributed by atoms with Crippen molar-refractivity contribution >= 4 is 15.7 Å². The summed E-state index contributed by atoms with van der Waals surface area (Å²) in [7, 11) is -3.37. The molecule has 1 aliphatic rings. The van der Waals surface area contributed by atoms with E-state index in [1.165, 1.54) is 0 Å². The average Bonchev–Trinajstić information content (AvgIpc) is 2.46. The van der Waals surface area contributed by atoms with Gasteiger partial charge < -0.3 is 4.90 Å². The largest absolute Gasteiger partial charge is 0.339 e. The van der Waals surface area contributed by atoms with Crippen LogP contribution >= 0.6 is 0 Å². The van der Waals surface area contributed by atoms with Crippen molar-refractivity contribution in [3.63, 3.8) is 0 Å². The summed E-state index contributed by atoms with van der Waals surface area (Å²) in [5.41, 5.74) is 2.32. The predicted molar refractivity (Wildman–Crippen MR) is 89.0 cm³/mol. The lowest BCUT2D eigenvalue weighted by molar-refractivity contribution is 0.0652. The van der Waals surface area contributed by atoms with E-state index < -0.39 is 9.84 Å². The maximum atomic E-state index is 12.4. The molecule has 0 spiro atoms. The lowest BCUT2D eigenvalue weighted by Gasteiger charge is -2.30. The first kappa shape index (κ1) is 15.7. The van der Waals surface area contributed by atoms with E-state index in [-0.39, 0.29) is 11.7 Å². The number of sulfone groups is 1. The summed E-state index contributed by atoms with van der Waals surface area (Å²) in [5.74, 6) is -0.0435. The van der Waals surface area contributed by atoms with Crippen LogP contribution in [0.2, 0.25) is 0 Å². The molecule has 5 heteroatoms. The van der Waals surface area contributed by atoms with Crippen LogP contribution in [0.5, 0.6) is 0 Å². The Morgan fingerprint density at radius 2 is 1.61 bits per heavy atom. The molecule has 1 aliphatic heterocycles. The molecule has 1 amide bonds. The molecule has 0 aliphatic carbocycles. The van der Waals surface area contributed by atoms with Crippen molar-refractivity contribution in [2.45, 2.75) is 24.0 Å². The number of hydrogen-bond donors (Lipinski definition) is 0. The van der Waals surface area contributed by atoms with Gasteiger partial charge in [-0.05, 0) is 43.2 Å². The van der Waals surface area contributed by atoms with Crippen LogP contribution in [0.3, 0.4) is 0 Å². The van der Waals surface area contributed by atoms with Gasteiger partial charge in [-0.15, -0.1) is 0 Å². The highest BCUT2D eigenvalue weighted by Gasteiger charge is 2.21. The molecular formula is C18H19NO3S. The van der Waals surface area contributed by atoms with Crippen molar-refractivity contribution in [2.24, 2.45) is 0 Å². The van der Waals surface area contributed by atoms with E-state index in [4.69, 9.17) is 0 Å². The minimum Gasteiger partial charge on any atom is -0.339 e. The molecule has 1 fully saturated rings. The molecule has 0 unspecified atom stereocenters. The van der Waals surface area contributed by atoms with E-state index in [1.807, 2.05) is 6.92 Å². The Morgan fingerprint density at radius 1 is 1.00 bits per heavy atom. The quantitative estimate of drug-likeness (QED) is 0.867. The summed E-state index contributed by atoms with van der Waals surface area (Å²) in [6, 6.07) is 13.7. The number of nitrogens with zero attached hydrogens (tertiary/aromatic N) is 1. The number of carbonyl (C=O) groups is 1. The van der Waals surface area contributed by atoms with Crippen molar-refractivity contribution in [1.29, 1.82) is 0 Å². The Kier molecular flexibility index (Phi) is 4.22. The summed E-state index contributed by atoms with van der Waals surface area (Å²) >= 11 is 0. The van der Waals surface area contributed by atoms with Crippen LogP contribution in [0.1, 0.15) is 27.9 Å². The van der Waals surface area contributed by atoms with Gasteiger partial charge in [-0.25, -0.2) is 8.42 Å². The highest BCUT2D eigenvalue weighted by Crippen LogP contribution is 2.19. The Labute approximate surface area is 136 Å². The molecule has 2 aromatic rings. The van der Waals surface area contributed by atoms with E-state index in [2.05, 4.69) is 0 Å². The summed E-state index contributed by atoms with van der Waals surface area (Å²) in [5, 5.41) is 0. The summed E-state index contributed by atoms with van der Waals surface area (Å²) < 4.78 is 24.8. The van der Waals surface area contributed by atoms with Crippen LogP contribution < -0.4 is 0 Å². The van der Waals surface area contributed by atoms with Gasteiger partial charge >= 0.3 is 0 Å². The molecule has 4 nitrogen and oxygen atoms in total. The second-order valence-corrected chi connectivity index (χ2v) is 7.90. The fraction of sp³-hybridized carbons (Fsp3) is 0.278. The maximum Gasteiger partial charge on any atom is 0.253 e. The van der Waals surface area contributed by atoms with Crippen molar-refractivity contribution in [1.82, 2.24) is 4.90 Å². The molecule has 1 heterocycles. The molecule has 23 heavy (non-hydrogen) atoms. The number of amides is 1. The Bertz CT molecular complexity index is 804. The zero-order valence-electron chi connectivity index (χ0n) is 13.0. The van der Waals surface area contributed by atoms with Crippen molar-refractivity contribution in [3.8, 4) is 0 Å². The van der Waals surface area contributed by atoms with Crippen LogP contribution in [-0.2, 0) is 15.6 Å². The zero-order chi connectivity index (χ0) is 16.4. The van der Waals surface area contributed by atoms with E-state index >= 15 is 0 Å². The van der Waals surface area contributed by atoms with Crippen molar-refractivity contribution < 1.29 is 13.2 Å². The molecule has 1 saturated heterocycles. The van der Waals surface area contributed by atoms with Gasteiger partial charge in [-0.3, -0.25) is 4.79 Å². The van der Waals surface area contributed by atoms with Crippen LogP contribution in [-0.4, -0.2) is 32.3 Å². The van der Waals surface area contributed by atoms with Gasteiger partial charge in [0.15, 0.2) is 9.84 Å². The molecule has 0 bridgehead atoms. The van der Waals surface area contributed by atoms with Crippen LogP contribution in [0.4, 0.5) is 0 Å². The number of carbonyl (C=O) groups excluding carboxylic acids is 1. The van der Waals surface area contributed by atoms with Gasteiger partial charge in [0.25, 0.3) is 5.91 Å². The second kappa shape index (κ2) is 6.16. The van der Waals surface area contributed by atoms with Gasteiger partial charge in [0, 0.05) is 18.7 Å². The van der Waals surface area contributed by atoms with Gasteiger partial charge in [0.2, 0.25) is 0 Å². The molecule has 2 aromatic carbocycles. The second-order valence-electron chi connectivity index (χ2n) is 5.91. The summed E-state index contributed by atoms with van der Waals surface area (Å²) in [6.07, 6.45) is 1.05. The number of aryl methyl sites for hydroxylation is 1. The monoisotopic (exact) mass is 329 g/mol. The van der Waals surface area contributed by atoms with E-state index in [9.17, 15) is 13.2 Å². The van der Waals surface area contributed by atoms with Crippen LogP contribution in [0.25, 0.3) is 0 Å². The van der Waals surface area contributed by atoms with Gasteiger partial charge in [0.05, 0.1) is 10.6 Å². The molecule has 0 N–H and O–H groups in total. The molecule has 0 radical (unpaired) electrons. The molecule has 3 rings (SSSR count). The Morgan fingerprint density at radius 3 is 2.13 bits per heavy atom. The van der Waals surface area contributed by atoms with E-state index in [1.54, 1.807) is 53.4 Å². The summed E-state index contributed by atoms with van der Waals surface area (Å²) in [6.45, 7) is 3.54.